The number of aryl methyl sites for hydroxylation is 2. The average molecular weight is 478 g/mol. The Hall–Kier alpha value is -2.08. The summed E-state index contributed by atoms with van der Waals surface area (Å²) in [6.07, 6.45) is 1.75. The lowest BCUT2D eigenvalue weighted by atomic mass is 9.74. The van der Waals surface area contributed by atoms with Gasteiger partial charge in [0.15, 0.2) is 6.10 Å². The number of carboxylic acid groups (broad SMARTS) is 1. The summed E-state index contributed by atoms with van der Waals surface area (Å²) in [5.41, 5.74) is 2.96. The number of likely N-dealkylation sites (tertiary alicyclic amines) is 1. The van der Waals surface area contributed by atoms with Crippen LogP contribution in [0.2, 0.25) is 10.0 Å². The van der Waals surface area contributed by atoms with E-state index in [0.717, 1.165) is 35.1 Å². The van der Waals surface area contributed by atoms with Crippen molar-refractivity contribution < 1.29 is 19.4 Å². The molecule has 0 bridgehead atoms. The number of aliphatic carboxylic acids is 1. The van der Waals surface area contributed by atoms with Crippen molar-refractivity contribution in [3.63, 3.8) is 0 Å². The number of carboxylic acids is 1. The summed E-state index contributed by atoms with van der Waals surface area (Å²) in [4.78, 5) is 26.6. The van der Waals surface area contributed by atoms with Crippen LogP contribution in [-0.4, -0.2) is 41.1 Å². The number of carbonyl (C=O) groups excluding carboxylic acids is 1. The van der Waals surface area contributed by atoms with Crippen molar-refractivity contribution in [3.8, 4) is 0 Å². The van der Waals surface area contributed by atoms with Gasteiger partial charge in [-0.2, -0.15) is 0 Å². The number of amides is 1. The third-order valence-electron chi connectivity index (χ3n) is 6.29. The minimum absolute atomic E-state index is 0.252. The van der Waals surface area contributed by atoms with Crippen LogP contribution in [0.15, 0.2) is 36.4 Å². The fourth-order valence-electron chi connectivity index (χ4n) is 4.39. The largest absolute Gasteiger partial charge is 0.479 e. The van der Waals surface area contributed by atoms with E-state index in [1.165, 1.54) is 0 Å². The summed E-state index contributed by atoms with van der Waals surface area (Å²) < 4.78 is 5.48. The Morgan fingerprint density at radius 1 is 1.06 bits per heavy atom. The molecule has 2 aromatic carbocycles. The molecule has 2 aromatic rings. The lowest BCUT2D eigenvalue weighted by Crippen LogP contribution is -2.54. The standard InChI is InChI=1S/C25H29Cl2NO4/c1-4-22(24(30)31)32-15-23(29)28-12-6-5-11-25(28,18-9-7-16(2)20(26)13-18)19-10-8-17(3)21(27)14-19/h7-10,13-14,22H,4-6,11-12,15H2,1-3H3,(H,30,31). The van der Waals surface area contributed by atoms with Crippen molar-refractivity contribution in [2.45, 2.75) is 58.1 Å². The van der Waals surface area contributed by atoms with Gasteiger partial charge in [-0.25, -0.2) is 4.79 Å². The van der Waals surface area contributed by atoms with Crippen molar-refractivity contribution in [3.05, 3.63) is 68.7 Å². The maximum absolute atomic E-state index is 13.4. The predicted molar refractivity (Wildman–Crippen MR) is 126 cm³/mol. The summed E-state index contributed by atoms with van der Waals surface area (Å²) >= 11 is 13.0. The van der Waals surface area contributed by atoms with Crippen molar-refractivity contribution in [2.75, 3.05) is 13.2 Å². The minimum Gasteiger partial charge on any atom is -0.479 e. The third-order valence-corrected chi connectivity index (χ3v) is 7.10. The van der Waals surface area contributed by atoms with Gasteiger partial charge in [-0.05, 0) is 73.9 Å². The quantitative estimate of drug-likeness (QED) is 0.551. The van der Waals surface area contributed by atoms with E-state index >= 15 is 0 Å². The first-order chi connectivity index (χ1) is 15.2. The normalized spacial score (nSPS) is 16.6. The number of benzene rings is 2. The van der Waals surface area contributed by atoms with Crippen molar-refractivity contribution in [1.82, 2.24) is 4.90 Å². The molecule has 0 aromatic heterocycles. The van der Waals surface area contributed by atoms with Gasteiger partial charge in [0.1, 0.15) is 6.61 Å². The molecule has 3 rings (SSSR count). The molecule has 172 valence electrons. The smallest absolute Gasteiger partial charge is 0.332 e. The summed E-state index contributed by atoms with van der Waals surface area (Å²) in [5.74, 6) is -1.32. The van der Waals surface area contributed by atoms with E-state index in [4.69, 9.17) is 27.9 Å². The zero-order valence-corrected chi connectivity index (χ0v) is 20.2. The monoisotopic (exact) mass is 477 g/mol. The van der Waals surface area contributed by atoms with Gasteiger partial charge in [-0.3, -0.25) is 4.79 Å². The Balaban J connectivity index is 2.10. The first kappa shape index (κ1) is 24.6. The van der Waals surface area contributed by atoms with E-state index < -0.39 is 17.6 Å². The van der Waals surface area contributed by atoms with Crippen LogP contribution in [0, 0.1) is 13.8 Å². The van der Waals surface area contributed by atoms with Gasteiger partial charge in [0.25, 0.3) is 0 Å². The number of rotatable bonds is 7. The lowest BCUT2D eigenvalue weighted by molar-refractivity contribution is -0.156. The lowest BCUT2D eigenvalue weighted by Gasteiger charge is -2.48. The summed E-state index contributed by atoms with van der Waals surface area (Å²) in [6, 6.07) is 11.8. The number of piperidine rings is 1. The van der Waals surface area contributed by atoms with Gasteiger partial charge in [-0.1, -0.05) is 54.4 Å². The molecule has 5 nitrogen and oxygen atoms in total. The fraction of sp³-hybridized carbons (Fsp3) is 0.440. The average Bonchev–Trinajstić information content (AvgIpc) is 2.77. The highest BCUT2D eigenvalue weighted by Gasteiger charge is 2.45. The molecule has 1 atom stereocenters. The molecule has 32 heavy (non-hydrogen) atoms. The highest BCUT2D eigenvalue weighted by molar-refractivity contribution is 6.31. The van der Waals surface area contributed by atoms with Gasteiger partial charge in [0.2, 0.25) is 5.91 Å². The Bertz CT molecular complexity index is 956. The number of ether oxygens (including phenoxy) is 1. The summed E-state index contributed by atoms with van der Waals surface area (Å²) in [5, 5.41) is 10.6. The number of hydrogen-bond acceptors (Lipinski definition) is 3. The number of halogens is 2. The van der Waals surface area contributed by atoms with Crippen LogP contribution in [0.25, 0.3) is 0 Å². The zero-order chi connectivity index (χ0) is 23.5. The molecule has 1 N–H and O–H groups in total. The molecule has 1 saturated heterocycles. The van der Waals surface area contributed by atoms with Gasteiger partial charge in [0, 0.05) is 16.6 Å². The fourth-order valence-corrected chi connectivity index (χ4v) is 4.76. The maximum Gasteiger partial charge on any atom is 0.332 e. The summed E-state index contributed by atoms with van der Waals surface area (Å²) in [7, 11) is 0. The second-order valence-corrected chi connectivity index (χ2v) is 9.15. The van der Waals surface area contributed by atoms with E-state index in [1.54, 1.807) is 6.92 Å². The molecule has 0 aliphatic carbocycles. The second kappa shape index (κ2) is 10.2. The van der Waals surface area contributed by atoms with E-state index in [0.29, 0.717) is 23.0 Å². The predicted octanol–water partition coefficient (Wildman–Crippen LogP) is 5.75. The SMILES string of the molecule is CCC(OCC(=O)N1CCCCC1(c1ccc(C)c(Cl)c1)c1ccc(C)c(Cl)c1)C(=O)O. The van der Waals surface area contributed by atoms with Crippen molar-refractivity contribution >= 4 is 35.1 Å². The van der Waals surface area contributed by atoms with Gasteiger partial charge >= 0.3 is 5.97 Å². The van der Waals surface area contributed by atoms with Crippen LogP contribution in [0.4, 0.5) is 0 Å². The Labute approximate surface area is 199 Å². The molecular formula is C25H29Cl2NO4. The third kappa shape index (κ3) is 4.80. The van der Waals surface area contributed by atoms with Crippen LogP contribution < -0.4 is 0 Å². The Morgan fingerprint density at radius 3 is 2.09 bits per heavy atom. The topological polar surface area (TPSA) is 66.8 Å². The molecule has 7 heteroatoms. The van der Waals surface area contributed by atoms with E-state index in [-0.39, 0.29) is 18.9 Å². The molecule has 1 heterocycles. The maximum atomic E-state index is 13.4. The molecule has 1 aliphatic rings. The molecule has 0 spiro atoms. The van der Waals surface area contributed by atoms with Crippen molar-refractivity contribution in [1.29, 1.82) is 0 Å². The zero-order valence-electron chi connectivity index (χ0n) is 18.7. The molecule has 1 unspecified atom stereocenters. The van der Waals surface area contributed by atoms with Crippen LogP contribution in [0.5, 0.6) is 0 Å². The molecule has 0 saturated carbocycles. The highest BCUT2D eigenvalue weighted by atomic mass is 35.5. The number of carbonyl (C=O) groups is 2. The van der Waals surface area contributed by atoms with Gasteiger partial charge in [0.05, 0.1) is 5.54 Å². The minimum atomic E-state index is -1.07. The molecule has 1 amide bonds. The second-order valence-electron chi connectivity index (χ2n) is 8.34. The van der Waals surface area contributed by atoms with E-state index in [9.17, 15) is 14.7 Å². The van der Waals surface area contributed by atoms with Crippen LogP contribution in [0.3, 0.4) is 0 Å². The molecule has 1 aliphatic heterocycles. The first-order valence-corrected chi connectivity index (χ1v) is 11.6. The van der Waals surface area contributed by atoms with Crippen LogP contribution >= 0.6 is 23.2 Å². The van der Waals surface area contributed by atoms with Crippen LogP contribution in [0.1, 0.15) is 54.9 Å². The molecule has 0 radical (unpaired) electrons. The van der Waals surface area contributed by atoms with Crippen molar-refractivity contribution in [2.24, 2.45) is 0 Å². The molecular weight excluding hydrogens is 449 g/mol. The van der Waals surface area contributed by atoms with Gasteiger partial charge < -0.3 is 14.7 Å². The van der Waals surface area contributed by atoms with Gasteiger partial charge in [-0.15, -0.1) is 0 Å². The number of nitrogens with zero attached hydrogens (tertiary/aromatic N) is 1. The first-order valence-electron chi connectivity index (χ1n) is 10.9. The Kier molecular flexibility index (Phi) is 7.86. The van der Waals surface area contributed by atoms with E-state index in [2.05, 4.69) is 0 Å². The highest BCUT2D eigenvalue weighted by Crippen LogP contribution is 2.45. The molecule has 1 fully saturated rings. The van der Waals surface area contributed by atoms with E-state index in [1.807, 2.05) is 55.1 Å². The van der Waals surface area contributed by atoms with Crippen LogP contribution in [-0.2, 0) is 19.9 Å². The number of hydrogen-bond donors (Lipinski definition) is 1. The Morgan fingerprint density at radius 2 is 1.62 bits per heavy atom. The summed E-state index contributed by atoms with van der Waals surface area (Å²) in [6.45, 7) is 5.83.